The lowest BCUT2D eigenvalue weighted by atomic mass is 10.1. The summed E-state index contributed by atoms with van der Waals surface area (Å²) in [6.07, 6.45) is 0. The molecule has 1 aromatic heterocycles. The van der Waals surface area contributed by atoms with Crippen LogP contribution in [0.1, 0.15) is 19.6 Å². The number of carbonyl (C=O) groups excluding carboxylic acids is 2. The number of carbonyl (C=O) groups is 2. The van der Waals surface area contributed by atoms with E-state index < -0.39 is 5.60 Å². The summed E-state index contributed by atoms with van der Waals surface area (Å²) in [7, 11) is 0. The lowest BCUT2D eigenvalue weighted by molar-refractivity contribution is -0.147. The first kappa shape index (κ1) is 21.1. The highest BCUT2D eigenvalue weighted by atomic mass is 35.5. The van der Waals surface area contributed by atoms with E-state index in [0.29, 0.717) is 48.5 Å². The third kappa shape index (κ3) is 5.71. The molecule has 2 heterocycles. The highest BCUT2D eigenvalue weighted by Crippen LogP contribution is 2.23. The Morgan fingerprint density at radius 2 is 1.86 bits per heavy atom. The summed E-state index contributed by atoms with van der Waals surface area (Å²) in [4.78, 5) is 28.8. The molecular weight excluding hydrogens is 396 g/mol. The molecule has 1 N–H and O–H groups in total. The zero-order valence-electron chi connectivity index (χ0n) is 16.8. The van der Waals surface area contributed by atoms with Gasteiger partial charge in [0.05, 0.1) is 6.54 Å². The van der Waals surface area contributed by atoms with Crippen LogP contribution in [0.5, 0.6) is 5.75 Å². The van der Waals surface area contributed by atoms with Crippen molar-refractivity contribution < 1.29 is 18.8 Å². The summed E-state index contributed by atoms with van der Waals surface area (Å²) in [5.41, 5.74) is -1.00. The van der Waals surface area contributed by atoms with E-state index in [4.69, 9.17) is 20.9 Å². The van der Waals surface area contributed by atoms with Gasteiger partial charge in [-0.25, -0.2) is 0 Å². The average Bonchev–Trinajstić information content (AvgIpc) is 3.08. The first-order chi connectivity index (χ1) is 13.7. The van der Waals surface area contributed by atoms with E-state index in [0.717, 1.165) is 0 Å². The van der Waals surface area contributed by atoms with E-state index in [2.05, 4.69) is 10.5 Å². The van der Waals surface area contributed by atoms with Crippen molar-refractivity contribution in [2.45, 2.75) is 26.4 Å². The van der Waals surface area contributed by atoms with Gasteiger partial charge in [0.2, 0.25) is 5.91 Å². The molecule has 2 amide bonds. The minimum atomic E-state index is -1.00. The van der Waals surface area contributed by atoms with Crippen LogP contribution in [-0.4, -0.2) is 65.1 Å². The molecule has 29 heavy (non-hydrogen) atoms. The molecule has 1 fully saturated rings. The van der Waals surface area contributed by atoms with E-state index in [1.54, 1.807) is 56.0 Å². The van der Waals surface area contributed by atoms with E-state index in [1.807, 2.05) is 4.90 Å². The largest absolute Gasteiger partial charge is 0.478 e. The van der Waals surface area contributed by atoms with Crippen LogP contribution in [0, 0.1) is 6.92 Å². The minimum Gasteiger partial charge on any atom is -0.478 e. The molecule has 9 heteroatoms. The Balaban J connectivity index is 1.48. The molecule has 0 saturated carbocycles. The molecule has 0 radical (unpaired) electrons. The summed E-state index contributed by atoms with van der Waals surface area (Å²) < 4.78 is 10.8. The molecule has 3 rings (SSSR count). The van der Waals surface area contributed by atoms with Gasteiger partial charge in [0.15, 0.2) is 11.4 Å². The number of aromatic nitrogens is 1. The van der Waals surface area contributed by atoms with Crippen molar-refractivity contribution in [3.05, 3.63) is 41.1 Å². The lowest BCUT2D eigenvalue weighted by Crippen LogP contribution is -2.56. The van der Waals surface area contributed by atoms with E-state index in [1.165, 1.54) is 0 Å². The Hall–Kier alpha value is -2.58. The normalized spacial score (nSPS) is 15.2. The Kier molecular flexibility index (Phi) is 6.44. The van der Waals surface area contributed by atoms with Crippen LogP contribution < -0.4 is 10.1 Å². The van der Waals surface area contributed by atoms with Crippen molar-refractivity contribution in [1.82, 2.24) is 15.0 Å². The van der Waals surface area contributed by atoms with E-state index in [-0.39, 0.29) is 18.4 Å². The first-order valence-electron chi connectivity index (χ1n) is 9.42. The third-order valence-corrected chi connectivity index (χ3v) is 4.88. The molecule has 1 aliphatic heterocycles. The smallest absolute Gasteiger partial charge is 0.266 e. The van der Waals surface area contributed by atoms with Gasteiger partial charge in [0.1, 0.15) is 11.5 Å². The molecule has 1 aromatic carbocycles. The maximum absolute atomic E-state index is 12.9. The summed E-state index contributed by atoms with van der Waals surface area (Å²) in [5.74, 6) is 1.38. The summed E-state index contributed by atoms with van der Waals surface area (Å²) >= 11 is 5.89. The zero-order valence-corrected chi connectivity index (χ0v) is 17.5. The molecule has 0 bridgehead atoms. The SMILES string of the molecule is Cc1cc(NC(=O)CN2CCN(C(=O)C(C)(C)Oc3ccc(Cl)cc3)CC2)no1. The Morgan fingerprint density at radius 3 is 2.45 bits per heavy atom. The van der Waals surface area contributed by atoms with Crippen LogP contribution in [-0.2, 0) is 9.59 Å². The van der Waals surface area contributed by atoms with Crippen LogP contribution >= 0.6 is 11.6 Å². The van der Waals surface area contributed by atoms with Gasteiger partial charge in [-0.1, -0.05) is 16.8 Å². The van der Waals surface area contributed by atoms with Gasteiger partial charge in [-0.2, -0.15) is 0 Å². The standard InChI is InChI=1S/C20H25ClN4O4/c1-14-12-17(23-29-14)22-18(26)13-24-8-10-25(11-9-24)19(27)20(2,3)28-16-6-4-15(21)5-7-16/h4-7,12H,8-11,13H2,1-3H3,(H,22,23,26). The van der Waals surface area contributed by atoms with Crippen molar-refractivity contribution in [2.24, 2.45) is 0 Å². The molecule has 1 aliphatic rings. The lowest BCUT2D eigenvalue weighted by Gasteiger charge is -2.38. The third-order valence-electron chi connectivity index (χ3n) is 4.62. The highest BCUT2D eigenvalue weighted by Gasteiger charge is 2.35. The maximum Gasteiger partial charge on any atom is 0.266 e. The van der Waals surface area contributed by atoms with Crippen molar-refractivity contribution >= 4 is 29.2 Å². The minimum absolute atomic E-state index is 0.0883. The fourth-order valence-electron chi connectivity index (χ4n) is 3.14. The quantitative estimate of drug-likeness (QED) is 0.772. The fraction of sp³-hybridized carbons (Fsp3) is 0.450. The number of piperazine rings is 1. The number of nitrogens with zero attached hydrogens (tertiary/aromatic N) is 3. The molecule has 2 aromatic rings. The predicted octanol–water partition coefficient (Wildman–Crippen LogP) is 2.58. The average molecular weight is 421 g/mol. The van der Waals surface area contributed by atoms with Crippen LogP contribution in [0.25, 0.3) is 0 Å². The summed E-state index contributed by atoms with van der Waals surface area (Å²) in [6, 6.07) is 8.59. The van der Waals surface area contributed by atoms with Crippen molar-refractivity contribution in [1.29, 1.82) is 0 Å². The number of ether oxygens (including phenoxy) is 1. The number of aryl methyl sites for hydroxylation is 1. The van der Waals surface area contributed by atoms with Gasteiger partial charge in [0.25, 0.3) is 5.91 Å². The second-order valence-corrected chi connectivity index (χ2v) is 7.94. The van der Waals surface area contributed by atoms with Gasteiger partial charge in [0, 0.05) is 37.3 Å². The van der Waals surface area contributed by atoms with Crippen molar-refractivity contribution in [3.63, 3.8) is 0 Å². The molecule has 1 saturated heterocycles. The Bertz CT molecular complexity index is 858. The molecule has 0 spiro atoms. The highest BCUT2D eigenvalue weighted by molar-refractivity contribution is 6.30. The molecule has 0 aliphatic carbocycles. The molecule has 0 unspecified atom stereocenters. The number of amides is 2. The van der Waals surface area contributed by atoms with E-state index >= 15 is 0 Å². The van der Waals surface area contributed by atoms with Crippen LogP contribution in [0.3, 0.4) is 0 Å². The van der Waals surface area contributed by atoms with Crippen LogP contribution in [0.15, 0.2) is 34.9 Å². The number of rotatable bonds is 6. The number of benzene rings is 1. The zero-order chi connectivity index (χ0) is 21.0. The second kappa shape index (κ2) is 8.84. The van der Waals surface area contributed by atoms with Gasteiger partial charge < -0.3 is 19.5 Å². The van der Waals surface area contributed by atoms with Gasteiger partial charge >= 0.3 is 0 Å². The summed E-state index contributed by atoms with van der Waals surface area (Å²) in [6.45, 7) is 7.77. The maximum atomic E-state index is 12.9. The number of anilines is 1. The van der Waals surface area contributed by atoms with Crippen molar-refractivity contribution in [2.75, 3.05) is 38.0 Å². The number of halogens is 1. The van der Waals surface area contributed by atoms with Gasteiger partial charge in [-0.3, -0.25) is 14.5 Å². The fourth-order valence-corrected chi connectivity index (χ4v) is 3.27. The first-order valence-corrected chi connectivity index (χ1v) is 9.80. The number of hydrogen-bond donors (Lipinski definition) is 1. The Labute approximate surface area is 174 Å². The molecule has 156 valence electrons. The molecular formula is C20H25ClN4O4. The topological polar surface area (TPSA) is 87.9 Å². The molecule has 8 nitrogen and oxygen atoms in total. The molecule has 0 atom stereocenters. The van der Waals surface area contributed by atoms with Crippen LogP contribution in [0.4, 0.5) is 5.82 Å². The van der Waals surface area contributed by atoms with Crippen molar-refractivity contribution in [3.8, 4) is 5.75 Å². The number of hydrogen-bond acceptors (Lipinski definition) is 6. The summed E-state index contributed by atoms with van der Waals surface area (Å²) in [5, 5.41) is 7.07. The second-order valence-electron chi connectivity index (χ2n) is 7.51. The van der Waals surface area contributed by atoms with Gasteiger partial charge in [-0.05, 0) is 45.0 Å². The van der Waals surface area contributed by atoms with Gasteiger partial charge in [-0.15, -0.1) is 0 Å². The predicted molar refractivity (Wildman–Crippen MR) is 109 cm³/mol. The monoisotopic (exact) mass is 420 g/mol. The Morgan fingerprint density at radius 1 is 1.21 bits per heavy atom. The number of nitrogens with one attached hydrogen (secondary N) is 1. The van der Waals surface area contributed by atoms with Crippen LogP contribution in [0.2, 0.25) is 5.02 Å². The van der Waals surface area contributed by atoms with E-state index in [9.17, 15) is 9.59 Å².